The lowest BCUT2D eigenvalue weighted by atomic mass is 9.62. The number of allylic oxidation sites excluding steroid dienone is 2. The molecule has 25 heavy (non-hydrogen) atoms. The molecule has 2 heteroatoms. The molecule has 0 amide bonds. The number of rotatable bonds is 4. The van der Waals surface area contributed by atoms with Crippen LogP contribution in [0.15, 0.2) is 60.7 Å². The van der Waals surface area contributed by atoms with E-state index in [2.05, 4.69) is 51.1 Å². The number of Topliss-reactive ketones (excluding diaryl/α,β-unsaturated/α-hetero) is 1. The fraction of sp³-hybridized carbons (Fsp3) is 0.348. The highest BCUT2D eigenvalue weighted by Gasteiger charge is 2.44. The molecule has 1 unspecified atom stereocenters. The van der Waals surface area contributed by atoms with Gasteiger partial charge in [-0.2, -0.15) is 0 Å². The predicted octanol–water partition coefficient (Wildman–Crippen LogP) is 5.33. The number of carbonyl (C=O) groups is 1. The van der Waals surface area contributed by atoms with Gasteiger partial charge in [-0.25, -0.2) is 0 Å². The molecule has 1 aliphatic carbocycles. The van der Waals surface area contributed by atoms with Gasteiger partial charge in [-0.3, -0.25) is 4.79 Å². The monoisotopic (exact) mass is 334 g/mol. The number of methoxy groups -OCH3 is 1. The molecular formula is C23H26O2. The van der Waals surface area contributed by atoms with Gasteiger partial charge in [0, 0.05) is 6.42 Å². The van der Waals surface area contributed by atoms with E-state index in [1.165, 1.54) is 5.56 Å². The molecule has 0 bridgehead atoms. The average molecular weight is 334 g/mol. The first-order valence-corrected chi connectivity index (χ1v) is 8.79. The van der Waals surface area contributed by atoms with E-state index in [0.717, 1.165) is 23.3 Å². The highest BCUT2D eigenvalue weighted by atomic mass is 16.5. The first kappa shape index (κ1) is 17.5. The van der Waals surface area contributed by atoms with Crippen molar-refractivity contribution >= 4 is 11.4 Å². The summed E-state index contributed by atoms with van der Waals surface area (Å²) in [6, 6.07) is 18.3. The molecule has 1 atom stereocenters. The van der Waals surface area contributed by atoms with Crippen molar-refractivity contribution in [3.8, 4) is 5.75 Å². The Labute approximate surface area is 150 Å². The van der Waals surface area contributed by atoms with Crippen molar-refractivity contribution in [1.29, 1.82) is 0 Å². The maximum absolute atomic E-state index is 13.2. The minimum absolute atomic E-state index is 0.122. The minimum atomic E-state index is -0.508. The van der Waals surface area contributed by atoms with Gasteiger partial charge >= 0.3 is 0 Å². The summed E-state index contributed by atoms with van der Waals surface area (Å²) in [5.41, 5.74) is 2.78. The number of hydrogen-bond donors (Lipinski definition) is 0. The highest BCUT2D eigenvalue weighted by Crippen LogP contribution is 2.48. The molecule has 3 rings (SSSR count). The van der Waals surface area contributed by atoms with Crippen LogP contribution in [0.1, 0.15) is 38.3 Å². The van der Waals surface area contributed by atoms with Gasteiger partial charge in [0.05, 0.1) is 12.5 Å². The van der Waals surface area contributed by atoms with Crippen LogP contribution >= 0.6 is 0 Å². The molecule has 0 spiro atoms. The van der Waals surface area contributed by atoms with Crippen LogP contribution in [0.4, 0.5) is 0 Å². The van der Waals surface area contributed by atoms with Crippen molar-refractivity contribution in [3.63, 3.8) is 0 Å². The van der Waals surface area contributed by atoms with E-state index in [1.54, 1.807) is 7.11 Å². The molecular weight excluding hydrogens is 308 g/mol. The Morgan fingerprint density at radius 2 is 1.60 bits per heavy atom. The van der Waals surface area contributed by atoms with Gasteiger partial charge in [0.1, 0.15) is 11.5 Å². The summed E-state index contributed by atoms with van der Waals surface area (Å²) < 4.78 is 5.28. The molecule has 0 radical (unpaired) electrons. The zero-order valence-electron chi connectivity index (χ0n) is 15.5. The number of ether oxygens (including phenoxy) is 1. The lowest BCUT2D eigenvalue weighted by Gasteiger charge is -2.40. The van der Waals surface area contributed by atoms with Crippen LogP contribution < -0.4 is 4.74 Å². The molecule has 0 N–H and O–H groups in total. The summed E-state index contributed by atoms with van der Waals surface area (Å²) in [6.07, 6.45) is 3.59. The maximum Gasteiger partial charge on any atom is 0.144 e. The standard InChI is InChI=1S/C23H26O2/c1-22(2)15-20(18-10-12-19(25-4)13-11-18)23(3,21(24)16-22)14-17-8-6-5-7-9-17/h5-13,15H,14,16H2,1-4H3. The Balaban J connectivity index is 2.07. The highest BCUT2D eigenvalue weighted by molar-refractivity contribution is 6.00. The van der Waals surface area contributed by atoms with Gasteiger partial charge < -0.3 is 4.74 Å². The van der Waals surface area contributed by atoms with Crippen molar-refractivity contribution in [3.05, 3.63) is 71.8 Å². The molecule has 0 aliphatic heterocycles. The van der Waals surface area contributed by atoms with Gasteiger partial charge in [-0.05, 0) is 47.6 Å². The van der Waals surface area contributed by atoms with Gasteiger partial charge in [-0.1, -0.05) is 62.4 Å². The molecule has 130 valence electrons. The Morgan fingerprint density at radius 1 is 0.960 bits per heavy atom. The van der Waals surface area contributed by atoms with Crippen molar-refractivity contribution in [1.82, 2.24) is 0 Å². The topological polar surface area (TPSA) is 26.3 Å². The zero-order chi connectivity index (χ0) is 18.1. The molecule has 2 aromatic rings. The normalized spacial score (nSPS) is 22.4. The van der Waals surface area contributed by atoms with Gasteiger partial charge in [0.2, 0.25) is 0 Å². The number of hydrogen-bond acceptors (Lipinski definition) is 2. The van der Waals surface area contributed by atoms with Crippen molar-refractivity contribution < 1.29 is 9.53 Å². The molecule has 2 aromatic carbocycles. The third-order valence-electron chi connectivity index (χ3n) is 5.16. The maximum atomic E-state index is 13.2. The van der Waals surface area contributed by atoms with E-state index in [1.807, 2.05) is 30.3 Å². The second kappa shape index (κ2) is 6.51. The Kier molecular flexibility index (Phi) is 4.55. The lowest BCUT2D eigenvalue weighted by Crippen LogP contribution is -2.39. The van der Waals surface area contributed by atoms with E-state index in [0.29, 0.717) is 12.2 Å². The van der Waals surface area contributed by atoms with E-state index < -0.39 is 5.41 Å². The van der Waals surface area contributed by atoms with Crippen molar-refractivity contribution in [2.75, 3.05) is 7.11 Å². The van der Waals surface area contributed by atoms with Crippen LogP contribution in [0, 0.1) is 10.8 Å². The lowest BCUT2D eigenvalue weighted by molar-refractivity contribution is -0.127. The summed E-state index contributed by atoms with van der Waals surface area (Å²) in [6.45, 7) is 6.36. The van der Waals surface area contributed by atoms with Gasteiger partial charge in [-0.15, -0.1) is 0 Å². The largest absolute Gasteiger partial charge is 0.497 e. The third kappa shape index (κ3) is 3.53. The average Bonchev–Trinajstić information content (AvgIpc) is 2.59. The number of benzene rings is 2. The Bertz CT molecular complexity index is 785. The Hall–Kier alpha value is -2.35. The fourth-order valence-corrected chi connectivity index (χ4v) is 3.73. The first-order valence-electron chi connectivity index (χ1n) is 8.79. The molecule has 0 fully saturated rings. The van der Waals surface area contributed by atoms with Gasteiger partial charge in [0.25, 0.3) is 0 Å². The fourth-order valence-electron chi connectivity index (χ4n) is 3.73. The second-order valence-electron chi connectivity index (χ2n) is 7.87. The quantitative estimate of drug-likeness (QED) is 0.756. The van der Waals surface area contributed by atoms with E-state index in [-0.39, 0.29) is 5.41 Å². The molecule has 0 aromatic heterocycles. The van der Waals surface area contributed by atoms with E-state index in [4.69, 9.17) is 4.74 Å². The summed E-state index contributed by atoms with van der Waals surface area (Å²) >= 11 is 0. The van der Waals surface area contributed by atoms with Crippen LogP contribution in [-0.4, -0.2) is 12.9 Å². The number of carbonyl (C=O) groups excluding carboxylic acids is 1. The molecule has 2 nitrogen and oxygen atoms in total. The van der Waals surface area contributed by atoms with E-state index >= 15 is 0 Å². The van der Waals surface area contributed by atoms with Crippen molar-refractivity contribution in [2.45, 2.75) is 33.6 Å². The summed E-state index contributed by atoms with van der Waals surface area (Å²) in [4.78, 5) is 13.2. The third-order valence-corrected chi connectivity index (χ3v) is 5.16. The minimum Gasteiger partial charge on any atom is -0.497 e. The van der Waals surface area contributed by atoms with Crippen LogP contribution in [-0.2, 0) is 11.2 Å². The summed E-state index contributed by atoms with van der Waals surface area (Å²) in [5.74, 6) is 1.14. The zero-order valence-corrected chi connectivity index (χ0v) is 15.5. The van der Waals surface area contributed by atoms with Crippen LogP contribution in [0.25, 0.3) is 5.57 Å². The number of ketones is 1. The second-order valence-corrected chi connectivity index (χ2v) is 7.87. The van der Waals surface area contributed by atoms with Crippen LogP contribution in [0.2, 0.25) is 0 Å². The SMILES string of the molecule is COc1ccc(C2=CC(C)(C)CC(=O)C2(C)Cc2ccccc2)cc1. The summed E-state index contributed by atoms with van der Waals surface area (Å²) in [5, 5.41) is 0. The van der Waals surface area contributed by atoms with Gasteiger partial charge in [0.15, 0.2) is 0 Å². The van der Waals surface area contributed by atoms with Crippen LogP contribution in [0.3, 0.4) is 0 Å². The molecule has 0 saturated heterocycles. The van der Waals surface area contributed by atoms with Crippen molar-refractivity contribution in [2.24, 2.45) is 10.8 Å². The van der Waals surface area contributed by atoms with E-state index in [9.17, 15) is 4.79 Å². The molecule has 1 aliphatic rings. The summed E-state index contributed by atoms with van der Waals surface area (Å²) in [7, 11) is 1.67. The van der Waals surface area contributed by atoms with Crippen LogP contribution in [0.5, 0.6) is 5.75 Å². The Morgan fingerprint density at radius 3 is 2.20 bits per heavy atom. The first-order chi connectivity index (χ1) is 11.8. The smallest absolute Gasteiger partial charge is 0.144 e. The predicted molar refractivity (Wildman–Crippen MR) is 103 cm³/mol. The molecule has 0 saturated carbocycles. The molecule has 0 heterocycles.